The number of nitrogens with two attached hydrogens (primary N) is 1. The van der Waals surface area contributed by atoms with Crippen LogP contribution in [-0.2, 0) is 27.8 Å². The maximum atomic E-state index is 11.5. The van der Waals surface area contributed by atoms with Gasteiger partial charge in [0.15, 0.2) is 6.04 Å². The molecule has 1 aromatic rings. The quantitative estimate of drug-likeness (QED) is 0.499. The first-order valence-electron chi connectivity index (χ1n) is 5.72. The minimum Gasteiger partial charge on any atom is -0.464 e. The van der Waals surface area contributed by atoms with E-state index >= 15 is 0 Å². The van der Waals surface area contributed by atoms with Gasteiger partial charge in [0.25, 0.3) is 0 Å². The third kappa shape index (κ3) is 4.17. The predicted molar refractivity (Wildman–Crippen MR) is 64.5 cm³/mol. The predicted octanol–water partition coefficient (Wildman–Crippen LogP) is -1.03. The van der Waals surface area contributed by atoms with Gasteiger partial charge in [0, 0.05) is 19.8 Å². The van der Waals surface area contributed by atoms with Crippen molar-refractivity contribution in [3.05, 3.63) is 18.0 Å². The van der Waals surface area contributed by atoms with E-state index in [0.29, 0.717) is 13.0 Å². The molecule has 1 heterocycles. The van der Waals surface area contributed by atoms with E-state index in [9.17, 15) is 9.59 Å². The molecule has 0 radical (unpaired) electrons. The molecule has 0 saturated carbocycles. The summed E-state index contributed by atoms with van der Waals surface area (Å²) in [6.45, 7) is 2.26. The molecular formula is C11H18N4O3. The molecule has 7 nitrogen and oxygen atoms in total. The monoisotopic (exact) mass is 254 g/mol. The third-order valence-corrected chi connectivity index (χ3v) is 2.29. The summed E-state index contributed by atoms with van der Waals surface area (Å²) in [5, 5.41) is 6.58. The van der Waals surface area contributed by atoms with E-state index < -0.39 is 17.9 Å². The van der Waals surface area contributed by atoms with E-state index in [1.165, 1.54) is 0 Å². The normalized spacial score (nSPS) is 11.9. The molecule has 18 heavy (non-hydrogen) atoms. The third-order valence-electron chi connectivity index (χ3n) is 2.29. The highest BCUT2D eigenvalue weighted by Gasteiger charge is 2.22. The molecule has 0 bridgehead atoms. The molecule has 1 rings (SSSR count). The van der Waals surface area contributed by atoms with E-state index in [1.807, 2.05) is 13.2 Å². The maximum Gasteiger partial charge on any atom is 0.332 e. The van der Waals surface area contributed by atoms with Crippen LogP contribution in [0.25, 0.3) is 0 Å². The second kappa shape index (κ2) is 6.75. The van der Waals surface area contributed by atoms with Crippen LogP contribution in [-0.4, -0.2) is 40.9 Å². The molecule has 3 N–H and O–H groups in total. The fourth-order valence-electron chi connectivity index (χ4n) is 1.38. The molecule has 0 aliphatic rings. The van der Waals surface area contributed by atoms with Crippen LogP contribution in [0.3, 0.4) is 0 Å². The molecular weight excluding hydrogens is 236 g/mol. The first kappa shape index (κ1) is 14.2. The van der Waals surface area contributed by atoms with Crippen LogP contribution in [0.5, 0.6) is 0 Å². The first-order chi connectivity index (χ1) is 8.54. The van der Waals surface area contributed by atoms with Gasteiger partial charge < -0.3 is 15.8 Å². The number of carbonyl (C=O) groups is 2. The summed E-state index contributed by atoms with van der Waals surface area (Å²) in [6, 6.07) is -1.26. The van der Waals surface area contributed by atoms with Gasteiger partial charge >= 0.3 is 5.97 Å². The Balaban J connectivity index is 2.30. The van der Waals surface area contributed by atoms with Crippen molar-refractivity contribution in [1.82, 2.24) is 15.1 Å². The van der Waals surface area contributed by atoms with Crippen LogP contribution in [0.2, 0.25) is 0 Å². The number of aryl methyl sites for hydroxylation is 1. The lowest BCUT2D eigenvalue weighted by Crippen LogP contribution is -2.47. The summed E-state index contributed by atoms with van der Waals surface area (Å²) in [6.07, 6.45) is 4.21. The topological polar surface area (TPSA) is 99.2 Å². The van der Waals surface area contributed by atoms with Crippen LogP contribution in [0.4, 0.5) is 0 Å². The van der Waals surface area contributed by atoms with Gasteiger partial charge in [0.2, 0.25) is 5.91 Å². The Morgan fingerprint density at radius 1 is 1.61 bits per heavy atom. The van der Waals surface area contributed by atoms with E-state index in [4.69, 9.17) is 5.73 Å². The molecule has 0 fully saturated rings. The number of ether oxygens (including phenoxy) is 1. The Labute approximate surface area is 105 Å². The van der Waals surface area contributed by atoms with E-state index in [-0.39, 0.29) is 6.61 Å². The van der Waals surface area contributed by atoms with Crippen molar-refractivity contribution in [3.63, 3.8) is 0 Å². The summed E-state index contributed by atoms with van der Waals surface area (Å²) in [4.78, 5) is 22.7. The van der Waals surface area contributed by atoms with Crippen LogP contribution in [0.1, 0.15) is 12.5 Å². The number of esters is 1. The highest BCUT2D eigenvalue weighted by molar-refractivity contribution is 6.01. The van der Waals surface area contributed by atoms with Gasteiger partial charge in [-0.2, -0.15) is 5.10 Å². The Morgan fingerprint density at radius 3 is 2.89 bits per heavy atom. The summed E-state index contributed by atoms with van der Waals surface area (Å²) in [5.74, 6) is -1.24. The number of rotatable bonds is 6. The number of hydrogen-bond donors (Lipinski definition) is 2. The molecule has 0 aliphatic heterocycles. The SMILES string of the molecule is CCOC(=O)C(N)C(=O)NCCc1cnn(C)c1. The molecule has 1 atom stereocenters. The lowest BCUT2D eigenvalue weighted by Gasteiger charge is -2.10. The van der Waals surface area contributed by atoms with Crippen molar-refractivity contribution in [1.29, 1.82) is 0 Å². The van der Waals surface area contributed by atoms with Gasteiger partial charge in [-0.15, -0.1) is 0 Å². The number of carbonyl (C=O) groups excluding carboxylic acids is 2. The molecule has 7 heteroatoms. The molecule has 1 amide bonds. The van der Waals surface area contributed by atoms with Crippen molar-refractivity contribution in [2.75, 3.05) is 13.2 Å². The lowest BCUT2D eigenvalue weighted by atomic mass is 10.2. The summed E-state index contributed by atoms with van der Waals surface area (Å²) >= 11 is 0. The highest BCUT2D eigenvalue weighted by Crippen LogP contribution is 1.96. The Bertz CT molecular complexity index is 416. The number of hydrogen-bond acceptors (Lipinski definition) is 5. The van der Waals surface area contributed by atoms with E-state index in [2.05, 4.69) is 15.2 Å². The largest absolute Gasteiger partial charge is 0.464 e. The van der Waals surface area contributed by atoms with Crippen molar-refractivity contribution in [3.8, 4) is 0 Å². The zero-order valence-corrected chi connectivity index (χ0v) is 10.5. The second-order valence-electron chi connectivity index (χ2n) is 3.79. The van der Waals surface area contributed by atoms with Gasteiger partial charge in [0.1, 0.15) is 0 Å². The zero-order chi connectivity index (χ0) is 13.5. The second-order valence-corrected chi connectivity index (χ2v) is 3.79. The number of nitrogens with one attached hydrogen (secondary N) is 1. The van der Waals surface area contributed by atoms with Gasteiger partial charge in [-0.25, -0.2) is 4.79 Å². The van der Waals surface area contributed by atoms with Crippen molar-refractivity contribution >= 4 is 11.9 Å². The smallest absolute Gasteiger partial charge is 0.332 e. The number of aromatic nitrogens is 2. The van der Waals surface area contributed by atoms with Crippen LogP contribution in [0.15, 0.2) is 12.4 Å². The van der Waals surface area contributed by atoms with Crippen LogP contribution < -0.4 is 11.1 Å². The fourth-order valence-corrected chi connectivity index (χ4v) is 1.38. The highest BCUT2D eigenvalue weighted by atomic mass is 16.5. The van der Waals surface area contributed by atoms with Crippen molar-refractivity contribution in [2.24, 2.45) is 12.8 Å². The lowest BCUT2D eigenvalue weighted by molar-refractivity contribution is -0.147. The minimum atomic E-state index is -1.26. The number of amides is 1. The van der Waals surface area contributed by atoms with Crippen molar-refractivity contribution in [2.45, 2.75) is 19.4 Å². The molecule has 0 saturated heterocycles. The molecule has 0 aromatic carbocycles. The van der Waals surface area contributed by atoms with Gasteiger partial charge in [-0.1, -0.05) is 0 Å². The Morgan fingerprint density at radius 2 is 2.33 bits per heavy atom. The molecule has 100 valence electrons. The molecule has 1 unspecified atom stereocenters. The fraction of sp³-hybridized carbons (Fsp3) is 0.545. The Hall–Kier alpha value is -1.89. The van der Waals surface area contributed by atoms with Gasteiger partial charge in [0.05, 0.1) is 12.8 Å². The maximum absolute atomic E-state index is 11.5. The van der Waals surface area contributed by atoms with E-state index in [0.717, 1.165) is 5.56 Å². The van der Waals surface area contributed by atoms with Gasteiger partial charge in [-0.05, 0) is 18.9 Å². The van der Waals surface area contributed by atoms with Gasteiger partial charge in [-0.3, -0.25) is 9.48 Å². The average Bonchev–Trinajstić information content (AvgIpc) is 2.74. The van der Waals surface area contributed by atoms with Crippen LogP contribution >= 0.6 is 0 Å². The average molecular weight is 254 g/mol. The summed E-state index contributed by atoms with van der Waals surface area (Å²) < 4.78 is 6.34. The zero-order valence-electron chi connectivity index (χ0n) is 10.5. The first-order valence-corrected chi connectivity index (χ1v) is 5.72. The van der Waals surface area contributed by atoms with E-state index in [1.54, 1.807) is 17.8 Å². The standard InChI is InChI=1S/C11H18N4O3/c1-3-18-11(17)9(12)10(16)13-5-4-8-6-14-15(2)7-8/h6-7,9H,3-5,12H2,1-2H3,(H,13,16). The number of nitrogens with zero attached hydrogens (tertiary/aromatic N) is 2. The van der Waals surface area contributed by atoms with Crippen LogP contribution in [0, 0.1) is 0 Å². The molecule has 0 spiro atoms. The molecule has 0 aliphatic carbocycles. The molecule has 1 aromatic heterocycles. The summed E-state index contributed by atoms with van der Waals surface area (Å²) in [5.41, 5.74) is 6.43. The summed E-state index contributed by atoms with van der Waals surface area (Å²) in [7, 11) is 1.82. The minimum absolute atomic E-state index is 0.204. The Kier molecular flexibility index (Phi) is 5.31. The van der Waals surface area contributed by atoms with Crippen molar-refractivity contribution < 1.29 is 14.3 Å².